The minimum Gasteiger partial charge on any atom is -0.478 e. The Labute approximate surface area is 166 Å². The van der Waals surface area contributed by atoms with Gasteiger partial charge in [-0.2, -0.15) is 0 Å². The third-order valence-corrected chi connectivity index (χ3v) is 4.67. The van der Waals surface area contributed by atoms with Crippen LogP contribution in [-0.4, -0.2) is 29.9 Å². The van der Waals surface area contributed by atoms with E-state index in [0.717, 1.165) is 0 Å². The largest absolute Gasteiger partial charge is 0.478 e. The molecule has 3 N–H and O–H groups in total. The summed E-state index contributed by atoms with van der Waals surface area (Å²) in [7, 11) is 0. The van der Waals surface area contributed by atoms with Crippen molar-refractivity contribution in [1.29, 1.82) is 0 Å². The molecule has 0 unspecified atom stereocenters. The second kappa shape index (κ2) is 9.84. The van der Waals surface area contributed by atoms with E-state index in [4.69, 9.17) is 4.74 Å². The van der Waals surface area contributed by atoms with Crippen molar-refractivity contribution in [3.05, 3.63) is 52.5 Å². The van der Waals surface area contributed by atoms with Gasteiger partial charge in [-0.1, -0.05) is 32.0 Å². The molecule has 2 atom stereocenters. The smallest absolute Gasteiger partial charge is 0.279 e. The molecule has 0 fully saturated rings. The topological polar surface area (TPSA) is 96.5 Å². The number of hydrogen-bond acceptors (Lipinski definition) is 5. The van der Waals surface area contributed by atoms with Gasteiger partial charge in [0, 0.05) is 0 Å². The van der Waals surface area contributed by atoms with Gasteiger partial charge in [-0.3, -0.25) is 25.2 Å². The Bertz CT molecular complexity index is 826. The van der Waals surface area contributed by atoms with Crippen LogP contribution in [0.4, 0.5) is 4.39 Å². The van der Waals surface area contributed by atoms with Gasteiger partial charge in [0.25, 0.3) is 17.7 Å². The van der Waals surface area contributed by atoms with Crippen molar-refractivity contribution in [2.24, 2.45) is 5.92 Å². The molecule has 0 saturated carbocycles. The first-order valence-corrected chi connectivity index (χ1v) is 9.52. The third kappa shape index (κ3) is 5.78. The zero-order valence-electron chi connectivity index (χ0n) is 15.7. The van der Waals surface area contributed by atoms with Crippen molar-refractivity contribution >= 4 is 29.1 Å². The van der Waals surface area contributed by atoms with Crippen LogP contribution in [0.15, 0.2) is 41.8 Å². The molecule has 0 aliphatic rings. The van der Waals surface area contributed by atoms with Crippen molar-refractivity contribution in [3.63, 3.8) is 0 Å². The van der Waals surface area contributed by atoms with Crippen LogP contribution in [0.3, 0.4) is 0 Å². The summed E-state index contributed by atoms with van der Waals surface area (Å²) in [5.41, 5.74) is 4.50. The van der Waals surface area contributed by atoms with Gasteiger partial charge in [0.2, 0.25) is 0 Å². The number of thiophene rings is 1. The fraction of sp³-hybridized carbons (Fsp3) is 0.316. The van der Waals surface area contributed by atoms with Gasteiger partial charge in [0.15, 0.2) is 17.7 Å². The molecule has 3 amide bonds. The number of nitrogens with one attached hydrogen (secondary N) is 3. The predicted molar refractivity (Wildman–Crippen MR) is 103 cm³/mol. The van der Waals surface area contributed by atoms with Gasteiger partial charge in [-0.05, 0) is 36.4 Å². The number of para-hydroxylation sites is 1. The van der Waals surface area contributed by atoms with E-state index >= 15 is 0 Å². The first-order valence-electron chi connectivity index (χ1n) is 8.65. The zero-order chi connectivity index (χ0) is 20.7. The van der Waals surface area contributed by atoms with E-state index in [1.54, 1.807) is 37.4 Å². The number of rotatable bonds is 7. The van der Waals surface area contributed by atoms with Crippen molar-refractivity contribution in [3.8, 4) is 5.75 Å². The van der Waals surface area contributed by atoms with Crippen molar-refractivity contribution < 1.29 is 23.5 Å². The molecular formula is C19H22FN3O4S. The van der Waals surface area contributed by atoms with E-state index in [2.05, 4.69) is 16.2 Å². The number of ether oxygens (including phenoxy) is 1. The standard InChI is InChI=1S/C19H22FN3O4S/c1-11(2)16(21-18(25)15-9-6-10-28-15)19(26)23-22-17(24)12(3)27-14-8-5-4-7-13(14)20/h4-12,16H,1-3H3,(H,21,25)(H,22,24)(H,23,26)/t12-,16-/m1/s1. The molecular weight excluding hydrogens is 385 g/mol. The molecule has 0 spiro atoms. The summed E-state index contributed by atoms with van der Waals surface area (Å²) in [6.45, 7) is 4.96. The minimum atomic E-state index is -1.05. The molecule has 1 aromatic heterocycles. The maximum atomic E-state index is 13.6. The van der Waals surface area contributed by atoms with Crippen LogP contribution in [0.25, 0.3) is 0 Å². The molecule has 0 saturated heterocycles. The quantitative estimate of drug-likeness (QED) is 0.614. The predicted octanol–water partition coefficient (Wildman–Crippen LogP) is 2.26. The lowest BCUT2D eigenvalue weighted by Gasteiger charge is -2.22. The highest BCUT2D eigenvalue weighted by Crippen LogP contribution is 2.17. The van der Waals surface area contributed by atoms with E-state index in [1.807, 2.05) is 0 Å². The lowest BCUT2D eigenvalue weighted by Crippen LogP contribution is -2.55. The van der Waals surface area contributed by atoms with Gasteiger partial charge >= 0.3 is 0 Å². The molecule has 2 rings (SSSR count). The molecule has 1 aromatic carbocycles. The average molecular weight is 407 g/mol. The number of benzene rings is 1. The van der Waals surface area contributed by atoms with Crippen LogP contribution in [0.1, 0.15) is 30.4 Å². The maximum absolute atomic E-state index is 13.6. The summed E-state index contributed by atoms with van der Waals surface area (Å²) in [6.07, 6.45) is -1.05. The normalized spacial score (nSPS) is 12.8. The summed E-state index contributed by atoms with van der Waals surface area (Å²) in [5, 5.41) is 4.41. The van der Waals surface area contributed by atoms with E-state index in [0.29, 0.717) is 4.88 Å². The zero-order valence-corrected chi connectivity index (χ0v) is 16.5. The molecule has 150 valence electrons. The van der Waals surface area contributed by atoms with Gasteiger partial charge in [0.1, 0.15) is 6.04 Å². The maximum Gasteiger partial charge on any atom is 0.279 e. The van der Waals surface area contributed by atoms with E-state index in [9.17, 15) is 18.8 Å². The molecule has 9 heteroatoms. The van der Waals surface area contributed by atoms with E-state index in [-0.39, 0.29) is 17.6 Å². The van der Waals surface area contributed by atoms with Gasteiger partial charge < -0.3 is 10.1 Å². The first-order chi connectivity index (χ1) is 13.3. The highest BCUT2D eigenvalue weighted by Gasteiger charge is 2.26. The summed E-state index contributed by atoms with van der Waals surface area (Å²) >= 11 is 1.26. The minimum absolute atomic E-state index is 0.0697. The van der Waals surface area contributed by atoms with Crippen LogP contribution < -0.4 is 20.9 Å². The molecule has 0 aliphatic heterocycles. The Morgan fingerprint density at radius 3 is 2.29 bits per heavy atom. The summed E-state index contributed by atoms with van der Waals surface area (Å²) in [4.78, 5) is 37.2. The Hall–Kier alpha value is -2.94. The average Bonchev–Trinajstić information content (AvgIpc) is 3.20. The highest BCUT2D eigenvalue weighted by atomic mass is 32.1. The molecule has 1 heterocycles. The summed E-state index contributed by atoms with van der Waals surface area (Å²) < 4.78 is 18.8. The van der Waals surface area contributed by atoms with Crippen LogP contribution in [0.2, 0.25) is 0 Å². The first kappa shape index (κ1) is 21.4. The molecule has 0 aliphatic carbocycles. The summed E-state index contributed by atoms with van der Waals surface area (Å²) in [5.74, 6) is -2.49. The lowest BCUT2D eigenvalue weighted by atomic mass is 10.0. The molecule has 0 radical (unpaired) electrons. The second-order valence-electron chi connectivity index (χ2n) is 6.34. The fourth-order valence-electron chi connectivity index (χ4n) is 2.24. The van der Waals surface area contributed by atoms with Gasteiger partial charge in [-0.15, -0.1) is 11.3 Å². The number of amides is 3. The van der Waals surface area contributed by atoms with Crippen molar-refractivity contribution in [1.82, 2.24) is 16.2 Å². The Balaban J connectivity index is 1.89. The molecule has 28 heavy (non-hydrogen) atoms. The number of halogens is 1. The Morgan fingerprint density at radius 1 is 1.00 bits per heavy atom. The Morgan fingerprint density at radius 2 is 1.68 bits per heavy atom. The number of hydrazine groups is 1. The van der Waals surface area contributed by atoms with Crippen molar-refractivity contribution in [2.45, 2.75) is 32.9 Å². The fourth-order valence-corrected chi connectivity index (χ4v) is 2.87. The number of carbonyl (C=O) groups excluding carboxylic acids is 3. The monoisotopic (exact) mass is 407 g/mol. The third-order valence-electron chi connectivity index (χ3n) is 3.80. The van der Waals surface area contributed by atoms with Crippen molar-refractivity contribution in [2.75, 3.05) is 0 Å². The molecule has 7 nitrogen and oxygen atoms in total. The highest BCUT2D eigenvalue weighted by molar-refractivity contribution is 7.12. The van der Waals surface area contributed by atoms with E-state index < -0.39 is 29.8 Å². The van der Waals surface area contributed by atoms with Gasteiger partial charge in [-0.25, -0.2) is 4.39 Å². The Kier molecular flexibility index (Phi) is 7.51. The van der Waals surface area contributed by atoms with Crippen LogP contribution >= 0.6 is 11.3 Å². The SMILES string of the molecule is CC(C)[C@@H](NC(=O)c1cccs1)C(=O)NNC(=O)[C@@H](C)Oc1ccccc1F. The second-order valence-corrected chi connectivity index (χ2v) is 7.29. The number of carbonyl (C=O) groups is 3. The summed E-state index contributed by atoms with van der Waals surface area (Å²) in [6, 6.07) is 8.23. The van der Waals surface area contributed by atoms with E-state index in [1.165, 1.54) is 36.5 Å². The van der Waals surface area contributed by atoms with Crippen LogP contribution in [-0.2, 0) is 9.59 Å². The van der Waals surface area contributed by atoms with Gasteiger partial charge in [0.05, 0.1) is 4.88 Å². The van der Waals surface area contributed by atoms with Crippen LogP contribution in [0, 0.1) is 11.7 Å². The molecule has 0 bridgehead atoms. The van der Waals surface area contributed by atoms with Crippen LogP contribution in [0.5, 0.6) is 5.75 Å². The molecule has 2 aromatic rings. The lowest BCUT2D eigenvalue weighted by molar-refractivity contribution is -0.133. The number of hydrogen-bond donors (Lipinski definition) is 3.